The molecule has 2 N–H and O–H groups in total. The first-order chi connectivity index (χ1) is 4.16. The fourth-order valence-electron chi connectivity index (χ4n) is 0.741. The highest BCUT2D eigenvalue weighted by atomic mass is 16.5. The molecule has 0 amide bonds. The summed E-state index contributed by atoms with van der Waals surface area (Å²) in [5.74, 6) is 0. The summed E-state index contributed by atoms with van der Waals surface area (Å²) in [4.78, 5) is 4.11. The SMILES string of the molecule is CCC1(C)COC(N)=N1. The van der Waals surface area contributed by atoms with Gasteiger partial charge in [-0.25, -0.2) is 4.99 Å². The third-order valence-corrected chi connectivity index (χ3v) is 1.67. The van der Waals surface area contributed by atoms with Crippen molar-refractivity contribution in [2.75, 3.05) is 6.61 Å². The molecule has 1 heterocycles. The summed E-state index contributed by atoms with van der Waals surface area (Å²) >= 11 is 0. The van der Waals surface area contributed by atoms with E-state index in [0.29, 0.717) is 12.6 Å². The van der Waals surface area contributed by atoms with Crippen LogP contribution in [0.2, 0.25) is 0 Å². The lowest BCUT2D eigenvalue weighted by Gasteiger charge is -2.13. The van der Waals surface area contributed by atoms with E-state index in [1.165, 1.54) is 0 Å². The van der Waals surface area contributed by atoms with Crippen LogP contribution in [-0.4, -0.2) is 18.2 Å². The Morgan fingerprint density at radius 2 is 2.56 bits per heavy atom. The fraction of sp³-hybridized carbons (Fsp3) is 0.833. The molecular formula is C6H12N2O. The fourth-order valence-corrected chi connectivity index (χ4v) is 0.741. The predicted octanol–water partition coefficient (Wildman–Crippen LogP) is 0.500. The third-order valence-electron chi connectivity index (χ3n) is 1.67. The van der Waals surface area contributed by atoms with Crippen molar-refractivity contribution in [3.8, 4) is 0 Å². The molecule has 3 heteroatoms. The molecule has 0 spiro atoms. The summed E-state index contributed by atoms with van der Waals surface area (Å²) < 4.78 is 4.99. The second-order valence-electron chi connectivity index (χ2n) is 2.59. The summed E-state index contributed by atoms with van der Waals surface area (Å²) in [5, 5.41) is 0. The van der Waals surface area contributed by atoms with Crippen molar-refractivity contribution in [3.05, 3.63) is 0 Å². The van der Waals surface area contributed by atoms with Crippen molar-refractivity contribution in [2.24, 2.45) is 10.7 Å². The second kappa shape index (κ2) is 1.90. The topological polar surface area (TPSA) is 47.6 Å². The minimum Gasteiger partial charge on any atom is -0.463 e. The van der Waals surface area contributed by atoms with E-state index in [1.807, 2.05) is 6.92 Å². The van der Waals surface area contributed by atoms with Crippen LogP contribution in [0.25, 0.3) is 0 Å². The van der Waals surface area contributed by atoms with Crippen LogP contribution >= 0.6 is 0 Å². The van der Waals surface area contributed by atoms with E-state index in [0.717, 1.165) is 6.42 Å². The zero-order valence-corrected chi connectivity index (χ0v) is 5.85. The molecule has 0 aromatic carbocycles. The molecule has 1 atom stereocenters. The Balaban J connectivity index is 2.64. The van der Waals surface area contributed by atoms with Gasteiger partial charge in [0.1, 0.15) is 6.61 Å². The quantitative estimate of drug-likeness (QED) is 0.559. The van der Waals surface area contributed by atoms with E-state index in [9.17, 15) is 0 Å². The standard InChI is InChI=1S/C6H12N2O/c1-3-6(2)4-9-5(7)8-6/h3-4H2,1-2H3,(H2,7,8). The van der Waals surface area contributed by atoms with Gasteiger partial charge in [0, 0.05) is 0 Å². The van der Waals surface area contributed by atoms with Crippen LogP contribution in [0.4, 0.5) is 0 Å². The highest BCUT2D eigenvalue weighted by molar-refractivity contribution is 5.73. The molecule has 0 fully saturated rings. The van der Waals surface area contributed by atoms with Crippen LogP contribution in [-0.2, 0) is 4.74 Å². The van der Waals surface area contributed by atoms with Crippen molar-refractivity contribution in [2.45, 2.75) is 25.8 Å². The summed E-state index contributed by atoms with van der Waals surface area (Å²) in [6, 6.07) is 0.333. The maximum Gasteiger partial charge on any atom is 0.282 e. The molecule has 0 radical (unpaired) electrons. The Bertz CT molecular complexity index is 144. The molecule has 52 valence electrons. The van der Waals surface area contributed by atoms with Gasteiger partial charge in [0.25, 0.3) is 6.02 Å². The molecule has 0 saturated carbocycles. The van der Waals surface area contributed by atoms with Gasteiger partial charge in [-0.2, -0.15) is 0 Å². The predicted molar refractivity (Wildman–Crippen MR) is 36.3 cm³/mol. The number of rotatable bonds is 1. The lowest BCUT2D eigenvalue weighted by Crippen LogP contribution is -2.21. The number of nitrogens with two attached hydrogens (primary N) is 1. The molecule has 1 unspecified atom stereocenters. The van der Waals surface area contributed by atoms with Gasteiger partial charge in [0.05, 0.1) is 5.54 Å². The van der Waals surface area contributed by atoms with Gasteiger partial charge < -0.3 is 10.5 Å². The van der Waals surface area contributed by atoms with Crippen molar-refractivity contribution in [1.29, 1.82) is 0 Å². The molecular weight excluding hydrogens is 116 g/mol. The minimum atomic E-state index is -0.0515. The van der Waals surface area contributed by atoms with E-state index in [2.05, 4.69) is 11.9 Å². The summed E-state index contributed by atoms with van der Waals surface area (Å²) in [6.45, 7) is 4.74. The van der Waals surface area contributed by atoms with Gasteiger partial charge in [-0.05, 0) is 13.3 Å². The molecule has 9 heavy (non-hydrogen) atoms. The highest BCUT2D eigenvalue weighted by Crippen LogP contribution is 2.19. The van der Waals surface area contributed by atoms with E-state index in [1.54, 1.807) is 0 Å². The summed E-state index contributed by atoms with van der Waals surface area (Å²) in [6.07, 6.45) is 0.980. The van der Waals surface area contributed by atoms with E-state index in [-0.39, 0.29) is 5.54 Å². The van der Waals surface area contributed by atoms with Crippen molar-refractivity contribution >= 4 is 6.02 Å². The monoisotopic (exact) mass is 128 g/mol. The molecule has 0 aromatic rings. The Kier molecular flexibility index (Phi) is 1.35. The van der Waals surface area contributed by atoms with Crippen LogP contribution in [0.3, 0.4) is 0 Å². The number of hydrogen-bond donors (Lipinski definition) is 1. The first-order valence-electron chi connectivity index (χ1n) is 3.14. The van der Waals surface area contributed by atoms with Gasteiger partial charge in [-0.1, -0.05) is 6.92 Å². The van der Waals surface area contributed by atoms with Gasteiger partial charge in [-0.3, -0.25) is 0 Å². The van der Waals surface area contributed by atoms with Gasteiger partial charge >= 0.3 is 0 Å². The second-order valence-corrected chi connectivity index (χ2v) is 2.59. The van der Waals surface area contributed by atoms with E-state index in [4.69, 9.17) is 10.5 Å². The van der Waals surface area contributed by atoms with Gasteiger partial charge in [0.2, 0.25) is 0 Å². The average molecular weight is 128 g/mol. The van der Waals surface area contributed by atoms with Crippen LogP contribution in [0.5, 0.6) is 0 Å². The maximum atomic E-state index is 5.31. The average Bonchev–Trinajstić information content (AvgIpc) is 2.13. The Morgan fingerprint density at radius 1 is 1.89 bits per heavy atom. The number of ether oxygens (including phenoxy) is 1. The first kappa shape index (κ1) is 6.39. The molecule has 0 aromatic heterocycles. The zero-order valence-electron chi connectivity index (χ0n) is 5.85. The zero-order chi connectivity index (χ0) is 6.91. The molecule has 1 aliphatic heterocycles. The molecule has 0 bridgehead atoms. The smallest absolute Gasteiger partial charge is 0.282 e. The van der Waals surface area contributed by atoms with Gasteiger partial charge in [0.15, 0.2) is 0 Å². The molecule has 1 aliphatic rings. The Hall–Kier alpha value is -0.730. The number of aliphatic imine (C=N–C) groups is 1. The van der Waals surface area contributed by atoms with E-state index >= 15 is 0 Å². The molecule has 0 aliphatic carbocycles. The molecule has 0 saturated heterocycles. The minimum absolute atomic E-state index is 0.0515. The summed E-state index contributed by atoms with van der Waals surface area (Å²) in [5.41, 5.74) is 5.26. The van der Waals surface area contributed by atoms with Crippen LogP contribution in [0, 0.1) is 0 Å². The summed E-state index contributed by atoms with van der Waals surface area (Å²) in [7, 11) is 0. The lowest BCUT2D eigenvalue weighted by atomic mass is 10.0. The normalized spacial score (nSPS) is 33.8. The van der Waals surface area contributed by atoms with Crippen LogP contribution < -0.4 is 5.73 Å². The van der Waals surface area contributed by atoms with E-state index < -0.39 is 0 Å². The van der Waals surface area contributed by atoms with Crippen molar-refractivity contribution in [1.82, 2.24) is 0 Å². The van der Waals surface area contributed by atoms with Crippen LogP contribution in [0.15, 0.2) is 4.99 Å². The third kappa shape index (κ3) is 1.15. The van der Waals surface area contributed by atoms with Crippen molar-refractivity contribution in [3.63, 3.8) is 0 Å². The largest absolute Gasteiger partial charge is 0.463 e. The maximum absolute atomic E-state index is 5.31. The first-order valence-corrected chi connectivity index (χ1v) is 3.14. The lowest BCUT2D eigenvalue weighted by molar-refractivity contribution is 0.260. The van der Waals surface area contributed by atoms with Crippen LogP contribution in [0.1, 0.15) is 20.3 Å². The Labute approximate surface area is 54.9 Å². The number of amidine groups is 1. The number of hydrogen-bond acceptors (Lipinski definition) is 3. The van der Waals surface area contributed by atoms with Crippen molar-refractivity contribution < 1.29 is 4.74 Å². The number of nitrogens with zero attached hydrogens (tertiary/aromatic N) is 1. The molecule has 1 rings (SSSR count). The molecule has 3 nitrogen and oxygen atoms in total. The highest BCUT2D eigenvalue weighted by Gasteiger charge is 2.28. The van der Waals surface area contributed by atoms with Gasteiger partial charge in [-0.15, -0.1) is 0 Å². The Morgan fingerprint density at radius 3 is 2.78 bits per heavy atom.